The van der Waals surface area contributed by atoms with Crippen molar-refractivity contribution in [1.82, 2.24) is 0 Å². The first kappa shape index (κ1) is 12.7. The number of methoxy groups -OCH3 is 1. The molecule has 88 valence electrons. The van der Waals surface area contributed by atoms with E-state index in [4.69, 9.17) is 9.47 Å². The molecule has 0 bridgehead atoms. The van der Waals surface area contributed by atoms with Gasteiger partial charge in [0.05, 0.1) is 10.7 Å². The molecule has 0 radical (unpaired) electrons. The molecule has 2 nitrogen and oxygen atoms in total. The fourth-order valence-corrected chi connectivity index (χ4v) is 2.31. The zero-order valence-electron chi connectivity index (χ0n) is 9.11. The lowest BCUT2D eigenvalue weighted by Gasteiger charge is -2.10. The highest BCUT2D eigenvalue weighted by atomic mass is 127. The van der Waals surface area contributed by atoms with Crippen LogP contribution in [0.15, 0.2) is 46.9 Å². The Morgan fingerprint density at radius 2 is 1.65 bits per heavy atom. The van der Waals surface area contributed by atoms with Crippen molar-refractivity contribution in [2.24, 2.45) is 0 Å². The second kappa shape index (κ2) is 5.73. The van der Waals surface area contributed by atoms with Crippen molar-refractivity contribution < 1.29 is 9.47 Å². The first-order valence-electron chi connectivity index (χ1n) is 4.96. The van der Waals surface area contributed by atoms with E-state index in [2.05, 4.69) is 38.5 Å². The topological polar surface area (TPSA) is 18.5 Å². The molecule has 0 aliphatic carbocycles. The third-order valence-electron chi connectivity index (χ3n) is 2.19. The second-order valence-electron chi connectivity index (χ2n) is 3.33. The van der Waals surface area contributed by atoms with Crippen LogP contribution < -0.4 is 9.47 Å². The van der Waals surface area contributed by atoms with Gasteiger partial charge in [0.1, 0.15) is 17.2 Å². The third-order valence-corrected chi connectivity index (χ3v) is 3.78. The van der Waals surface area contributed by atoms with Gasteiger partial charge in [-0.2, -0.15) is 0 Å². The fourth-order valence-electron chi connectivity index (χ4n) is 1.36. The monoisotopic (exact) mass is 404 g/mol. The van der Waals surface area contributed by atoms with E-state index in [1.54, 1.807) is 7.11 Å². The summed E-state index contributed by atoms with van der Waals surface area (Å²) in [5.74, 6) is 2.42. The molecule has 0 aromatic heterocycles. The van der Waals surface area contributed by atoms with E-state index < -0.39 is 0 Å². The summed E-state index contributed by atoms with van der Waals surface area (Å²) >= 11 is 5.61. The molecule has 0 spiro atoms. The molecular weight excluding hydrogens is 395 g/mol. The largest absolute Gasteiger partial charge is 0.496 e. The van der Waals surface area contributed by atoms with Gasteiger partial charge in [-0.1, -0.05) is 22.0 Å². The minimum atomic E-state index is 0.798. The standard InChI is InChI=1S/C13H10BrIO2/c1-16-11-3-2-4-12(13(11)15)17-10-7-5-9(14)6-8-10/h2-8H,1H3. The summed E-state index contributed by atoms with van der Waals surface area (Å²) < 4.78 is 13.0. The van der Waals surface area contributed by atoms with Crippen LogP contribution in [-0.4, -0.2) is 7.11 Å². The van der Waals surface area contributed by atoms with E-state index in [9.17, 15) is 0 Å². The molecule has 0 saturated heterocycles. The quantitative estimate of drug-likeness (QED) is 0.680. The molecule has 0 unspecified atom stereocenters. The van der Waals surface area contributed by atoms with Crippen LogP contribution in [0.5, 0.6) is 17.2 Å². The Balaban J connectivity index is 2.27. The highest BCUT2D eigenvalue weighted by Crippen LogP contribution is 2.33. The lowest BCUT2D eigenvalue weighted by atomic mass is 10.3. The Bertz CT molecular complexity index is 511. The molecule has 0 fully saturated rings. The maximum Gasteiger partial charge on any atom is 0.144 e. The third kappa shape index (κ3) is 3.13. The van der Waals surface area contributed by atoms with Gasteiger partial charge in [-0.25, -0.2) is 0 Å². The van der Waals surface area contributed by atoms with Gasteiger partial charge in [0.25, 0.3) is 0 Å². The predicted molar refractivity (Wildman–Crippen MR) is 79.9 cm³/mol. The molecule has 0 aliphatic rings. The molecule has 17 heavy (non-hydrogen) atoms. The zero-order valence-corrected chi connectivity index (χ0v) is 12.9. The molecule has 2 aromatic rings. The van der Waals surface area contributed by atoms with E-state index >= 15 is 0 Å². The lowest BCUT2D eigenvalue weighted by molar-refractivity contribution is 0.404. The van der Waals surface area contributed by atoms with E-state index in [1.807, 2.05) is 42.5 Å². The number of halogens is 2. The van der Waals surface area contributed by atoms with Gasteiger partial charge in [0.15, 0.2) is 0 Å². The summed E-state index contributed by atoms with van der Waals surface area (Å²) in [5.41, 5.74) is 0. The molecule has 2 aromatic carbocycles. The highest BCUT2D eigenvalue weighted by Gasteiger charge is 2.07. The number of rotatable bonds is 3. The van der Waals surface area contributed by atoms with E-state index in [1.165, 1.54) is 0 Å². The van der Waals surface area contributed by atoms with Crippen LogP contribution in [0.25, 0.3) is 0 Å². The molecule has 0 saturated carbocycles. The summed E-state index contributed by atoms with van der Waals surface area (Å²) in [4.78, 5) is 0. The van der Waals surface area contributed by atoms with Crippen LogP contribution >= 0.6 is 38.5 Å². The Labute approximate surface area is 122 Å². The summed E-state index contributed by atoms with van der Waals surface area (Å²) in [6.45, 7) is 0. The predicted octanol–water partition coefficient (Wildman–Crippen LogP) is 4.85. The van der Waals surface area contributed by atoms with Crippen LogP contribution in [0.1, 0.15) is 0 Å². The van der Waals surface area contributed by atoms with E-state index in [0.717, 1.165) is 25.3 Å². The molecular formula is C13H10BrIO2. The molecule has 2 rings (SSSR count). The molecule has 0 heterocycles. The molecule has 0 atom stereocenters. The Morgan fingerprint density at radius 3 is 2.29 bits per heavy atom. The van der Waals surface area contributed by atoms with Gasteiger partial charge in [-0.15, -0.1) is 0 Å². The molecule has 4 heteroatoms. The average molecular weight is 405 g/mol. The van der Waals surface area contributed by atoms with Crippen molar-refractivity contribution in [1.29, 1.82) is 0 Å². The molecule has 0 N–H and O–H groups in total. The summed E-state index contributed by atoms with van der Waals surface area (Å²) in [5, 5.41) is 0. The fraction of sp³-hybridized carbons (Fsp3) is 0.0769. The van der Waals surface area contributed by atoms with Gasteiger partial charge < -0.3 is 9.47 Å². The first-order chi connectivity index (χ1) is 8.20. The number of hydrogen-bond donors (Lipinski definition) is 0. The van der Waals surface area contributed by atoms with Crippen molar-refractivity contribution in [2.75, 3.05) is 7.11 Å². The average Bonchev–Trinajstić information content (AvgIpc) is 2.35. The van der Waals surface area contributed by atoms with Crippen molar-refractivity contribution in [3.8, 4) is 17.2 Å². The van der Waals surface area contributed by atoms with Crippen molar-refractivity contribution >= 4 is 38.5 Å². The van der Waals surface area contributed by atoms with Crippen LogP contribution in [0, 0.1) is 3.57 Å². The van der Waals surface area contributed by atoms with Crippen LogP contribution in [-0.2, 0) is 0 Å². The number of hydrogen-bond acceptors (Lipinski definition) is 2. The highest BCUT2D eigenvalue weighted by molar-refractivity contribution is 14.1. The summed E-state index contributed by atoms with van der Waals surface area (Å²) in [6, 6.07) is 13.5. The number of benzene rings is 2. The van der Waals surface area contributed by atoms with Crippen molar-refractivity contribution in [3.63, 3.8) is 0 Å². The first-order valence-corrected chi connectivity index (χ1v) is 6.84. The zero-order chi connectivity index (χ0) is 12.3. The van der Waals surface area contributed by atoms with E-state index in [-0.39, 0.29) is 0 Å². The van der Waals surface area contributed by atoms with Crippen LogP contribution in [0.2, 0.25) is 0 Å². The lowest BCUT2D eigenvalue weighted by Crippen LogP contribution is -1.91. The molecule has 0 aliphatic heterocycles. The van der Waals surface area contributed by atoms with Gasteiger partial charge >= 0.3 is 0 Å². The van der Waals surface area contributed by atoms with Gasteiger partial charge in [0.2, 0.25) is 0 Å². The maximum atomic E-state index is 5.80. The van der Waals surface area contributed by atoms with E-state index in [0.29, 0.717) is 0 Å². The summed E-state index contributed by atoms with van der Waals surface area (Å²) in [6.07, 6.45) is 0. The minimum Gasteiger partial charge on any atom is -0.496 e. The normalized spacial score (nSPS) is 10.1. The van der Waals surface area contributed by atoms with Crippen LogP contribution in [0.4, 0.5) is 0 Å². The Hall–Kier alpha value is -0.750. The van der Waals surface area contributed by atoms with Gasteiger partial charge in [0, 0.05) is 4.47 Å². The van der Waals surface area contributed by atoms with Gasteiger partial charge in [-0.3, -0.25) is 0 Å². The van der Waals surface area contributed by atoms with Crippen molar-refractivity contribution in [3.05, 3.63) is 50.5 Å². The smallest absolute Gasteiger partial charge is 0.144 e. The Kier molecular flexibility index (Phi) is 4.28. The number of ether oxygens (including phenoxy) is 2. The second-order valence-corrected chi connectivity index (χ2v) is 5.32. The van der Waals surface area contributed by atoms with Crippen molar-refractivity contribution in [2.45, 2.75) is 0 Å². The minimum absolute atomic E-state index is 0.798. The summed E-state index contributed by atoms with van der Waals surface area (Å²) in [7, 11) is 1.65. The maximum absolute atomic E-state index is 5.80. The SMILES string of the molecule is COc1cccc(Oc2ccc(Br)cc2)c1I. The van der Waals surface area contributed by atoms with Gasteiger partial charge in [-0.05, 0) is 59.0 Å². The van der Waals surface area contributed by atoms with Crippen LogP contribution in [0.3, 0.4) is 0 Å². The molecule has 0 amide bonds. The Morgan fingerprint density at radius 1 is 1.00 bits per heavy atom.